The summed E-state index contributed by atoms with van der Waals surface area (Å²) >= 11 is 4.38. The molecule has 0 spiro atoms. The van der Waals surface area contributed by atoms with Crippen LogP contribution in [0.25, 0.3) is 0 Å². The van der Waals surface area contributed by atoms with Crippen molar-refractivity contribution in [3.63, 3.8) is 0 Å². The number of rotatable bonds is 5. The van der Waals surface area contributed by atoms with E-state index >= 15 is 0 Å². The van der Waals surface area contributed by atoms with Crippen LogP contribution in [0, 0.1) is 9.49 Å². The molecule has 1 saturated heterocycles. The second-order valence-electron chi connectivity index (χ2n) is 5.32. The molecule has 1 aromatic heterocycles. The zero-order valence-corrected chi connectivity index (χ0v) is 14.8. The van der Waals surface area contributed by atoms with Crippen LogP contribution in [0.3, 0.4) is 0 Å². The van der Waals surface area contributed by atoms with Crippen LogP contribution in [0.4, 0.5) is 5.82 Å². The number of thioether (sulfide) groups is 1. The average molecular weight is 391 g/mol. The zero-order chi connectivity index (χ0) is 13.8. The third-order valence-electron chi connectivity index (χ3n) is 3.10. The molecule has 1 atom stereocenters. The Morgan fingerprint density at radius 1 is 1.42 bits per heavy atom. The quantitative estimate of drug-likeness (QED) is 0.761. The Hall–Kier alpha value is -0.0400. The van der Waals surface area contributed by atoms with Crippen molar-refractivity contribution < 1.29 is 0 Å². The SMILES string of the molecule is CCNc1nc(C2CCCS2)nc(CC(C)C)c1I. The van der Waals surface area contributed by atoms with Crippen LogP contribution in [0.1, 0.15) is 50.4 Å². The van der Waals surface area contributed by atoms with Crippen molar-refractivity contribution in [2.45, 2.75) is 45.3 Å². The summed E-state index contributed by atoms with van der Waals surface area (Å²) in [6, 6.07) is 0. The van der Waals surface area contributed by atoms with Gasteiger partial charge in [0.1, 0.15) is 11.6 Å². The van der Waals surface area contributed by atoms with Crippen molar-refractivity contribution in [2.24, 2.45) is 5.92 Å². The number of anilines is 1. The minimum Gasteiger partial charge on any atom is -0.369 e. The molecule has 0 aromatic carbocycles. The lowest BCUT2D eigenvalue weighted by Crippen LogP contribution is -2.12. The van der Waals surface area contributed by atoms with E-state index in [0.717, 1.165) is 24.6 Å². The molecule has 3 nitrogen and oxygen atoms in total. The van der Waals surface area contributed by atoms with Crippen LogP contribution < -0.4 is 5.32 Å². The average Bonchev–Trinajstić information content (AvgIpc) is 2.87. The summed E-state index contributed by atoms with van der Waals surface area (Å²) in [7, 11) is 0. The van der Waals surface area contributed by atoms with Gasteiger partial charge in [-0.15, -0.1) is 0 Å². The van der Waals surface area contributed by atoms with E-state index < -0.39 is 0 Å². The third-order valence-corrected chi connectivity index (χ3v) is 5.61. The Morgan fingerprint density at radius 3 is 2.79 bits per heavy atom. The first-order chi connectivity index (χ1) is 9.11. The topological polar surface area (TPSA) is 37.8 Å². The van der Waals surface area contributed by atoms with Gasteiger partial charge >= 0.3 is 0 Å². The Balaban J connectivity index is 2.34. The predicted octanol–water partition coefficient (Wildman–Crippen LogP) is 4.28. The van der Waals surface area contributed by atoms with Gasteiger partial charge in [0.05, 0.1) is 14.5 Å². The maximum Gasteiger partial charge on any atom is 0.144 e. The molecular weight excluding hydrogens is 369 g/mol. The Labute approximate surface area is 133 Å². The fourth-order valence-corrected chi connectivity index (χ4v) is 4.10. The number of hydrogen-bond acceptors (Lipinski definition) is 4. The Morgan fingerprint density at radius 2 is 2.21 bits per heavy atom. The minimum absolute atomic E-state index is 0.500. The van der Waals surface area contributed by atoms with Gasteiger partial charge in [-0.1, -0.05) is 13.8 Å². The lowest BCUT2D eigenvalue weighted by molar-refractivity contribution is 0.625. The molecule has 2 heterocycles. The van der Waals surface area contributed by atoms with Crippen molar-refractivity contribution in [1.82, 2.24) is 9.97 Å². The number of aromatic nitrogens is 2. The molecule has 106 valence electrons. The summed E-state index contributed by atoms with van der Waals surface area (Å²) in [4.78, 5) is 9.62. The lowest BCUT2D eigenvalue weighted by Gasteiger charge is -2.16. The second-order valence-corrected chi connectivity index (χ2v) is 7.71. The molecule has 1 aromatic rings. The van der Waals surface area contributed by atoms with Crippen LogP contribution in [-0.2, 0) is 6.42 Å². The van der Waals surface area contributed by atoms with E-state index in [0.29, 0.717) is 11.2 Å². The largest absolute Gasteiger partial charge is 0.369 e. The molecule has 0 bridgehead atoms. The van der Waals surface area contributed by atoms with Gasteiger partial charge in [0.25, 0.3) is 0 Å². The maximum atomic E-state index is 4.86. The van der Waals surface area contributed by atoms with Crippen molar-refractivity contribution >= 4 is 40.2 Å². The normalized spacial score (nSPS) is 19.1. The summed E-state index contributed by atoms with van der Waals surface area (Å²) < 4.78 is 1.19. The van der Waals surface area contributed by atoms with E-state index in [4.69, 9.17) is 9.97 Å². The van der Waals surface area contributed by atoms with E-state index in [2.05, 4.69) is 48.7 Å². The smallest absolute Gasteiger partial charge is 0.144 e. The molecule has 19 heavy (non-hydrogen) atoms. The monoisotopic (exact) mass is 391 g/mol. The highest BCUT2D eigenvalue weighted by Crippen LogP contribution is 2.39. The standard InChI is InChI=1S/C14H22IN3S/c1-4-16-14-12(15)10(8-9(2)3)17-13(18-14)11-6-5-7-19-11/h9,11H,4-8H2,1-3H3,(H,16,17,18). The van der Waals surface area contributed by atoms with Gasteiger partial charge < -0.3 is 5.32 Å². The minimum atomic E-state index is 0.500. The van der Waals surface area contributed by atoms with E-state index in [9.17, 15) is 0 Å². The van der Waals surface area contributed by atoms with Gasteiger partial charge in [-0.3, -0.25) is 0 Å². The van der Waals surface area contributed by atoms with Crippen LogP contribution in [-0.4, -0.2) is 22.3 Å². The van der Waals surface area contributed by atoms with Crippen molar-refractivity contribution in [3.8, 4) is 0 Å². The van der Waals surface area contributed by atoms with E-state index in [-0.39, 0.29) is 0 Å². The van der Waals surface area contributed by atoms with Gasteiger partial charge in [0.15, 0.2) is 0 Å². The fraction of sp³-hybridized carbons (Fsp3) is 0.714. The number of nitrogens with zero attached hydrogens (tertiary/aromatic N) is 2. The molecule has 1 unspecified atom stereocenters. The molecule has 0 amide bonds. The maximum absolute atomic E-state index is 4.86. The van der Waals surface area contributed by atoms with Gasteiger partial charge in [-0.2, -0.15) is 11.8 Å². The van der Waals surface area contributed by atoms with Crippen molar-refractivity contribution in [2.75, 3.05) is 17.6 Å². The summed E-state index contributed by atoms with van der Waals surface area (Å²) in [5.41, 5.74) is 1.21. The van der Waals surface area contributed by atoms with Crippen LogP contribution in [0.2, 0.25) is 0 Å². The number of nitrogens with one attached hydrogen (secondary N) is 1. The first-order valence-electron chi connectivity index (χ1n) is 7.03. The lowest BCUT2D eigenvalue weighted by atomic mass is 10.1. The molecule has 2 rings (SSSR count). The molecule has 0 aliphatic carbocycles. The third kappa shape index (κ3) is 3.97. The van der Waals surface area contributed by atoms with E-state index in [1.165, 1.54) is 27.9 Å². The fourth-order valence-electron chi connectivity index (χ4n) is 2.24. The molecule has 1 aliphatic heterocycles. The summed E-state index contributed by atoms with van der Waals surface area (Å²) in [5, 5.41) is 3.89. The molecule has 5 heteroatoms. The molecule has 1 aliphatic rings. The second kappa shape index (κ2) is 7.11. The molecule has 0 saturated carbocycles. The van der Waals surface area contributed by atoms with Gasteiger partial charge in [0, 0.05) is 6.54 Å². The summed E-state index contributed by atoms with van der Waals surface area (Å²) in [6.45, 7) is 7.51. The van der Waals surface area contributed by atoms with Crippen LogP contribution in [0.15, 0.2) is 0 Å². The zero-order valence-electron chi connectivity index (χ0n) is 11.9. The van der Waals surface area contributed by atoms with Crippen molar-refractivity contribution in [3.05, 3.63) is 15.1 Å². The molecule has 1 fully saturated rings. The first-order valence-corrected chi connectivity index (χ1v) is 9.16. The van der Waals surface area contributed by atoms with Gasteiger partial charge in [-0.25, -0.2) is 9.97 Å². The van der Waals surface area contributed by atoms with Gasteiger partial charge in [-0.05, 0) is 60.4 Å². The molecular formula is C14H22IN3S. The highest BCUT2D eigenvalue weighted by atomic mass is 127. The summed E-state index contributed by atoms with van der Waals surface area (Å²) in [6.07, 6.45) is 3.54. The number of hydrogen-bond donors (Lipinski definition) is 1. The number of halogens is 1. The Bertz CT molecular complexity index is 431. The van der Waals surface area contributed by atoms with E-state index in [1.807, 2.05) is 11.8 Å². The van der Waals surface area contributed by atoms with Crippen LogP contribution >= 0.6 is 34.4 Å². The molecule has 1 N–H and O–H groups in total. The molecule has 0 radical (unpaired) electrons. The Kier molecular flexibility index (Phi) is 5.74. The van der Waals surface area contributed by atoms with E-state index in [1.54, 1.807) is 0 Å². The van der Waals surface area contributed by atoms with Crippen LogP contribution in [0.5, 0.6) is 0 Å². The van der Waals surface area contributed by atoms with Gasteiger partial charge in [0.2, 0.25) is 0 Å². The highest BCUT2D eigenvalue weighted by Gasteiger charge is 2.23. The summed E-state index contributed by atoms with van der Waals surface area (Å²) in [5.74, 6) is 3.93. The first kappa shape index (κ1) is 15.4. The predicted molar refractivity (Wildman–Crippen MR) is 91.9 cm³/mol. The highest BCUT2D eigenvalue weighted by molar-refractivity contribution is 14.1. The van der Waals surface area contributed by atoms with Crippen molar-refractivity contribution in [1.29, 1.82) is 0 Å².